The molecule has 0 fully saturated rings. The van der Waals surface area contributed by atoms with Crippen LogP contribution in [0, 0.1) is 0 Å². The van der Waals surface area contributed by atoms with E-state index in [1.807, 2.05) is 24.5 Å². The van der Waals surface area contributed by atoms with Gasteiger partial charge in [-0.3, -0.25) is 9.97 Å². The number of pyridine rings is 2. The predicted octanol–water partition coefficient (Wildman–Crippen LogP) is 9.19. The van der Waals surface area contributed by atoms with Crippen LogP contribution in [0.15, 0.2) is 128 Å². The van der Waals surface area contributed by atoms with Crippen molar-refractivity contribution in [1.29, 1.82) is 0 Å². The minimum Gasteiger partial charge on any atom is -0.307 e. The monoisotopic (exact) mass is 495 g/mol. The molecule has 3 nitrogen and oxygen atoms in total. The molecule has 1 aliphatic rings. The van der Waals surface area contributed by atoms with Crippen molar-refractivity contribution in [2.24, 2.45) is 0 Å². The van der Waals surface area contributed by atoms with Gasteiger partial charge in [0.25, 0.3) is 0 Å². The number of hydrogen-bond acceptors (Lipinski definition) is 2. The van der Waals surface area contributed by atoms with Gasteiger partial charge in [-0.1, -0.05) is 66.7 Å². The first-order valence-electron chi connectivity index (χ1n) is 13.3. The van der Waals surface area contributed by atoms with E-state index < -0.39 is 0 Å². The molecule has 0 radical (unpaired) electrons. The van der Waals surface area contributed by atoms with E-state index in [-0.39, 0.29) is 0 Å². The lowest BCUT2D eigenvalue weighted by atomic mass is 9.94. The topological polar surface area (TPSA) is 30.7 Å². The Morgan fingerprint density at radius 3 is 2.05 bits per heavy atom. The summed E-state index contributed by atoms with van der Waals surface area (Å²) in [6.07, 6.45) is 3.72. The highest BCUT2D eigenvalue weighted by atomic mass is 15.0. The summed E-state index contributed by atoms with van der Waals surface area (Å²) in [5.41, 5.74) is 13.1. The van der Waals surface area contributed by atoms with Crippen molar-refractivity contribution < 1.29 is 0 Å². The van der Waals surface area contributed by atoms with Crippen LogP contribution in [0.1, 0.15) is 0 Å². The molecule has 0 unspecified atom stereocenters. The van der Waals surface area contributed by atoms with Crippen molar-refractivity contribution in [1.82, 2.24) is 14.5 Å². The molecule has 3 heterocycles. The smallest absolute Gasteiger partial charge is 0.0963 e. The van der Waals surface area contributed by atoms with Gasteiger partial charge >= 0.3 is 0 Å². The average Bonchev–Trinajstić information content (AvgIpc) is 3.52. The summed E-state index contributed by atoms with van der Waals surface area (Å²) in [5.74, 6) is 0. The van der Waals surface area contributed by atoms with Crippen molar-refractivity contribution in [3.8, 4) is 39.1 Å². The van der Waals surface area contributed by atoms with Gasteiger partial charge in [0.05, 0.1) is 22.1 Å². The molecule has 0 saturated heterocycles. The Kier molecular flexibility index (Phi) is 4.05. The van der Waals surface area contributed by atoms with E-state index in [2.05, 4.69) is 113 Å². The minimum absolute atomic E-state index is 0.986. The largest absolute Gasteiger partial charge is 0.307 e. The van der Waals surface area contributed by atoms with Crippen molar-refractivity contribution in [2.45, 2.75) is 0 Å². The van der Waals surface area contributed by atoms with Crippen LogP contribution in [-0.2, 0) is 0 Å². The standard InChI is InChI=1S/C36H21N3/c1-2-7-26-25(6-1)28-9-3-8-27-24(16-17-29(26)34(27)28)22-12-14-23(15-13-22)39-33-11-5-21-38-35(33)31-18-19-32-30(36(31)39)10-4-20-37-32/h1-21H. The van der Waals surface area contributed by atoms with Gasteiger partial charge in [0, 0.05) is 28.9 Å². The molecular formula is C36H21N3. The summed E-state index contributed by atoms with van der Waals surface area (Å²) in [6, 6.07) is 41.5. The predicted molar refractivity (Wildman–Crippen MR) is 161 cm³/mol. The fourth-order valence-corrected chi connectivity index (χ4v) is 6.59. The van der Waals surface area contributed by atoms with Crippen LogP contribution in [0.25, 0.3) is 82.7 Å². The zero-order valence-electron chi connectivity index (χ0n) is 21.0. The normalized spacial score (nSPS) is 12.1. The molecule has 0 saturated carbocycles. The second-order valence-corrected chi connectivity index (χ2v) is 10.2. The first-order valence-corrected chi connectivity index (χ1v) is 13.3. The lowest BCUT2D eigenvalue weighted by molar-refractivity contribution is 1.18. The molecule has 3 aromatic heterocycles. The van der Waals surface area contributed by atoms with E-state index in [1.54, 1.807) is 0 Å². The molecular weight excluding hydrogens is 474 g/mol. The molecule has 9 rings (SSSR count). The number of nitrogens with zero attached hydrogens (tertiary/aromatic N) is 3. The van der Waals surface area contributed by atoms with E-state index in [1.165, 1.54) is 44.2 Å². The molecule has 0 N–H and O–H groups in total. The van der Waals surface area contributed by atoms with E-state index in [0.717, 1.165) is 38.5 Å². The molecule has 3 heteroatoms. The molecule has 0 spiro atoms. The third-order valence-electron chi connectivity index (χ3n) is 8.25. The van der Waals surface area contributed by atoms with Crippen molar-refractivity contribution in [3.63, 3.8) is 0 Å². The third kappa shape index (κ3) is 2.76. The van der Waals surface area contributed by atoms with E-state index >= 15 is 0 Å². The maximum atomic E-state index is 4.76. The zero-order chi connectivity index (χ0) is 25.5. The van der Waals surface area contributed by atoms with Gasteiger partial charge in [-0.15, -0.1) is 0 Å². The van der Waals surface area contributed by atoms with E-state index in [0.29, 0.717) is 0 Å². The fraction of sp³-hybridized carbons (Fsp3) is 0. The Balaban J connectivity index is 1.26. The second-order valence-electron chi connectivity index (χ2n) is 10.2. The van der Waals surface area contributed by atoms with Gasteiger partial charge in [0.1, 0.15) is 0 Å². The van der Waals surface area contributed by atoms with Gasteiger partial charge in [0.15, 0.2) is 0 Å². The van der Waals surface area contributed by atoms with Crippen LogP contribution in [0.2, 0.25) is 0 Å². The number of hydrogen-bond donors (Lipinski definition) is 0. The number of aromatic nitrogens is 3. The van der Waals surface area contributed by atoms with Gasteiger partial charge < -0.3 is 4.57 Å². The van der Waals surface area contributed by atoms with Crippen LogP contribution in [0.4, 0.5) is 0 Å². The summed E-state index contributed by atoms with van der Waals surface area (Å²) in [7, 11) is 0. The maximum Gasteiger partial charge on any atom is 0.0963 e. The third-order valence-corrected chi connectivity index (χ3v) is 8.25. The van der Waals surface area contributed by atoms with Crippen LogP contribution < -0.4 is 0 Å². The van der Waals surface area contributed by atoms with Gasteiger partial charge in [-0.25, -0.2) is 0 Å². The van der Waals surface area contributed by atoms with Crippen LogP contribution in [-0.4, -0.2) is 14.5 Å². The molecule has 0 atom stereocenters. The average molecular weight is 496 g/mol. The Morgan fingerprint density at radius 1 is 0.462 bits per heavy atom. The summed E-state index contributed by atoms with van der Waals surface area (Å²) in [6.45, 7) is 0. The lowest BCUT2D eigenvalue weighted by Gasteiger charge is -2.12. The molecule has 39 heavy (non-hydrogen) atoms. The highest BCUT2D eigenvalue weighted by Gasteiger charge is 2.22. The van der Waals surface area contributed by atoms with E-state index in [9.17, 15) is 0 Å². The zero-order valence-corrected chi connectivity index (χ0v) is 21.0. The Bertz CT molecular complexity index is 2240. The summed E-state index contributed by atoms with van der Waals surface area (Å²) < 4.78 is 2.33. The van der Waals surface area contributed by atoms with Crippen molar-refractivity contribution >= 4 is 43.6 Å². The quantitative estimate of drug-likeness (QED) is 0.239. The van der Waals surface area contributed by atoms with Crippen LogP contribution >= 0.6 is 0 Å². The summed E-state index contributed by atoms with van der Waals surface area (Å²) in [4.78, 5) is 9.38. The van der Waals surface area contributed by atoms with Crippen molar-refractivity contribution in [3.05, 3.63) is 128 Å². The van der Waals surface area contributed by atoms with Crippen LogP contribution in [0.3, 0.4) is 0 Å². The van der Waals surface area contributed by atoms with Crippen molar-refractivity contribution in [2.75, 3.05) is 0 Å². The number of fused-ring (bicyclic) bond motifs is 8. The first kappa shape index (κ1) is 20.7. The SMILES string of the molecule is c1ccc2c(c1)-c1cccc3c(-c4ccc(-n5c6cccnc6c6ccc7ncccc7c65)cc4)ccc-2c13. The lowest BCUT2D eigenvalue weighted by Crippen LogP contribution is -1.95. The summed E-state index contributed by atoms with van der Waals surface area (Å²) >= 11 is 0. The summed E-state index contributed by atoms with van der Waals surface area (Å²) in [5, 5.41) is 4.92. The Morgan fingerprint density at radius 2 is 1.18 bits per heavy atom. The Hall–Kier alpha value is -5.28. The molecule has 5 aromatic carbocycles. The molecule has 1 aliphatic carbocycles. The molecule has 8 aromatic rings. The van der Waals surface area contributed by atoms with E-state index in [4.69, 9.17) is 4.98 Å². The second kappa shape index (κ2) is 7.62. The first-order chi connectivity index (χ1) is 19.4. The Labute approximate surface area is 224 Å². The van der Waals surface area contributed by atoms with Crippen LogP contribution in [0.5, 0.6) is 0 Å². The number of benzene rings is 5. The minimum atomic E-state index is 0.986. The molecule has 0 bridgehead atoms. The number of rotatable bonds is 2. The molecule has 0 aliphatic heterocycles. The fourth-order valence-electron chi connectivity index (χ4n) is 6.59. The maximum absolute atomic E-state index is 4.76. The molecule has 0 amide bonds. The highest BCUT2D eigenvalue weighted by Crippen LogP contribution is 2.49. The van der Waals surface area contributed by atoms with Gasteiger partial charge in [0.2, 0.25) is 0 Å². The van der Waals surface area contributed by atoms with Gasteiger partial charge in [-0.05, 0) is 92.7 Å². The van der Waals surface area contributed by atoms with Gasteiger partial charge in [-0.2, -0.15) is 0 Å². The highest BCUT2D eigenvalue weighted by molar-refractivity contribution is 6.19. The molecule has 180 valence electrons.